The number of benzene rings is 2. The third kappa shape index (κ3) is 6.00. The SMILES string of the molecule is C[C@H](C(=O)Nc1ccc([N+](=O)[O-])cc1)N(C)Cc1ccc(OC(F)F)cc1. The topological polar surface area (TPSA) is 84.7 Å². The molecule has 0 unspecified atom stereocenters. The Kier molecular flexibility index (Phi) is 6.78. The summed E-state index contributed by atoms with van der Waals surface area (Å²) in [5.41, 5.74) is 1.23. The lowest BCUT2D eigenvalue weighted by Crippen LogP contribution is -2.39. The van der Waals surface area contributed by atoms with Crippen LogP contribution < -0.4 is 10.1 Å². The number of likely N-dealkylation sites (N-methyl/N-ethyl adjacent to an activating group) is 1. The summed E-state index contributed by atoms with van der Waals surface area (Å²) >= 11 is 0. The molecule has 0 fully saturated rings. The number of nitrogens with one attached hydrogen (secondary N) is 1. The van der Waals surface area contributed by atoms with Gasteiger partial charge in [-0.1, -0.05) is 12.1 Å². The first-order chi connectivity index (χ1) is 12.8. The Balaban J connectivity index is 1.92. The average Bonchev–Trinajstić information content (AvgIpc) is 2.62. The van der Waals surface area contributed by atoms with Gasteiger partial charge >= 0.3 is 6.61 Å². The number of hydrogen-bond acceptors (Lipinski definition) is 5. The zero-order chi connectivity index (χ0) is 20.0. The fourth-order valence-electron chi connectivity index (χ4n) is 2.31. The number of ether oxygens (including phenoxy) is 1. The third-order valence-electron chi connectivity index (χ3n) is 3.97. The molecule has 0 saturated heterocycles. The quantitative estimate of drug-likeness (QED) is 0.559. The van der Waals surface area contributed by atoms with E-state index in [1.807, 2.05) is 0 Å². The minimum atomic E-state index is -2.87. The first-order valence-electron chi connectivity index (χ1n) is 8.05. The molecule has 0 aliphatic carbocycles. The van der Waals surface area contributed by atoms with Crippen molar-refractivity contribution < 1.29 is 23.2 Å². The van der Waals surface area contributed by atoms with E-state index < -0.39 is 17.6 Å². The molecule has 2 aromatic carbocycles. The molecule has 1 amide bonds. The van der Waals surface area contributed by atoms with E-state index in [2.05, 4.69) is 10.1 Å². The third-order valence-corrected chi connectivity index (χ3v) is 3.97. The van der Waals surface area contributed by atoms with Crippen molar-refractivity contribution in [3.05, 3.63) is 64.2 Å². The van der Waals surface area contributed by atoms with Gasteiger partial charge in [-0.2, -0.15) is 8.78 Å². The molecule has 9 heteroatoms. The van der Waals surface area contributed by atoms with Gasteiger partial charge in [0.2, 0.25) is 5.91 Å². The summed E-state index contributed by atoms with van der Waals surface area (Å²) in [4.78, 5) is 24.3. The summed E-state index contributed by atoms with van der Waals surface area (Å²) in [6.07, 6.45) is 0. The van der Waals surface area contributed by atoms with Gasteiger partial charge in [0.15, 0.2) is 0 Å². The minimum Gasteiger partial charge on any atom is -0.435 e. The molecule has 0 spiro atoms. The Morgan fingerprint density at radius 1 is 1.19 bits per heavy atom. The van der Waals surface area contributed by atoms with Crippen molar-refractivity contribution in [2.24, 2.45) is 0 Å². The standard InChI is InChI=1S/C18H19F2N3O4/c1-12(17(24)21-14-5-7-15(8-6-14)23(25)26)22(2)11-13-3-9-16(10-4-13)27-18(19)20/h3-10,12,18H,11H2,1-2H3,(H,21,24)/t12-/m1/s1. The second kappa shape index (κ2) is 9.04. The number of halogens is 2. The number of nitrogens with zero attached hydrogens (tertiary/aromatic N) is 2. The molecule has 0 saturated carbocycles. The summed E-state index contributed by atoms with van der Waals surface area (Å²) in [7, 11) is 1.75. The molecule has 0 bridgehead atoms. The molecule has 0 aliphatic heterocycles. The van der Waals surface area contributed by atoms with Crippen molar-refractivity contribution >= 4 is 17.3 Å². The lowest BCUT2D eigenvalue weighted by Gasteiger charge is -2.24. The maximum Gasteiger partial charge on any atom is 0.387 e. The van der Waals surface area contributed by atoms with E-state index in [1.165, 1.54) is 36.4 Å². The van der Waals surface area contributed by atoms with Gasteiger partial charge in [0.25, 0.3) is 5.69 Å². The number of carbonyl (C=O) groups is 1. The van der Waals surface area contributed by atoms with Crippen molar-refractivity contribution in [2.45, 2.75) is 26.1 Å². The number of alkyl halides is 2. The second-order valence-corrected chi connectivity index (χ2v) is 5.91. The van der Waals surface area contributed by atoms with Crippen LogP contribution in [-0.2, 0) is 11.3 Å². The summed E-state index contributed by atoms with van der Waals surface area (Å²) in [6, 6.07) is 11.2. The highest BCUT2D eigenvalue weighted by Crippen LogP contribution is 2.18. The van der Waals surface area contributed by atoms with Gasteiger partial charge < -0.3 is 10.1 Å². The fraction of sp³-hybridized carbons (Fsp3) is 0.278. The number of nitro groups is 1. The monoisotopic (exact) mass is 379 g/mol. The second-order valence-electron chi connectivity index (χ2n) is 5.91. The van der Waals surface area contributed by atoms with Gasteiger partial charge in [-0.15, -0.1) is 0 Å². The van der Waals surface area contributed by atoms with Crippen LogP contribution in [0.1, 0.15) is 12.5 Å². The van der Waals surface area contributed by atoms with Crippen molar-refractivity contribution in [1.29, 1.82) is 0 Å². The van der Waals surface area contributed by atoms with Crippen molar-refractivity contribution in [1.82, 2.24) is 4.90 Å². The first kappa shape index (κ1) is 20.2. The highest BCUT2D eigenvalue weighted by Gasteiger charge is 2.19. The lowest BCUT2D eigenvalue weighted by molar-refractivity contribution is -0.384. The van der Waals surface area contributed by atoms with E-state index in [0.717, 1.165) is 5.56 Å². The number of carbonyl (C=O) groups excluding carboxylic acids is 1. The molecule has 27 heavy (non-hydrogen) atoms. The molecule has 0 radical (unpaired) electrons. The Bertz CT molecular complexity index is 782. The van der Waals surface area contributed by atoms with Crippen LogP contribution in [0.5, 0.6) is 5.75 Å². The minimum absolute atomic E-state index is 0.0579. The first-order valence-corrected chi connectivity index (χ1v) is 8.05. The van der Waals surface area contributed by atoms with E-state index in [0.29, 0.717) is 12.2 Å². The predicted octanol–water partition coefficient (Wildman–Crippen LogP) is 3.66. The summed E-state index contributed by atoms with van der Waals surface area (Å²) in [6.45, 7) is -0.736. The number of rotatable bonds is 8. The summed E-state index contributed by atoms with van der Waals surface area (Å²) in [5.74, 6) is -0.204. The smallest absolute Gasteiger partial charge is 0.387 e. The van der Waals surface area contributed by atoms with Crippen LogP contribution in [0, 0.1) is 10.1 Å². The van der Waals surface area contributed by atoms with E-state index in [-0.39, 0.29) is 17.3 Å². The Morgan fingerprint density at radius 2 is 1.78 bits per heavy atom. The van der Waals surface area contributed by atoms with Crippen LogP contribution in [0.3, 0.4) is 0 Å². The average molecular weight is 379 g/mol. The van der Waals surface area contributed by atoms with Crippen LogP contribution in [0.4, 0.5) is 20.2 Å². The molecule has 7 nitrogen and oxygen atoms in total. The molecule has 0 aliphatic rings. The van der Waals surface area contributed by atoms with Crippen LogP contribution in [0.25, 0.3) is 0 Å². The zero-order valence-corrected chi connectivity index (χ0v) is 14.8. The zero-order valence-electron chi connectivity index (χ0n) is 14.8. The van der Waals surface area contributed by atoms with Gasteiger partial charge in [-0.25, -0.2) is 0 Å². The van der Waals surface area contributed by atoms with Crippen LogP contribution in [0.2, 0.25) is 0 Å². The Morgan fingerprint density at radius 3 is 2.30 bits per heavy atom. The highest BCUT2D eigenvalue weighted by molar-refractivity contribution is 5.94. The molecule has 1 N–H and O–H groups in total. The van der Waals surface area contributed by atoms with Gasteiger partial charge in [0.1, 0.15) is 5.75 Å². The molecule has 2 rings (SSSR count). The normalized spacial score (nSPS) is 12.1. The molecule has 0 heterocycles. The number of non-ortho nitro benzene ring substituents is 1. The molecule has 144 valence electrons. The molecule has 1 atom stereocenters. The maximum atomic E-state index is 12.3. The highest BCUT2D eigenvalue weighted by atomic mass is 19.3. The fourth-order valence-corrected chi connectivity index (χ4v) is 2.31. The van der Waals surface area contributed by atoms with Gasteiger partial charge in [-0.3, -0.25) is 19.8 Å². The van der Waals surface area contributed by atoms with E-state index in [4.69, 9.17) is 0 Å². The molecular formula is C18H19F2N3O4. The number of hydrogen-bond donors (Lipinski definition) is 1. The molecule has 0 aromatic heterocycles. The summed E-state index contributed by atoms with van der Waals surface area (Å²) in [5, 5.41) is 13.3. The van der Waals surface area contributed by atoms with Gasteiger partial charge in [0.05, 0.1) is 11.0 Å². The van der Waals surface area contributed by atoms with Gasteiger partial charge in [-0.05, 0) is 43.8 Å². The number of nitro benzene ring substituents is 1. The molecular weight excluding hydrogens is 360 g/mol. The van der Waals surface area contributed by atoms with Crippen LogP contribution >= 0.6 is 0 Å². The van der Waals surface area contributed by atoms with E-state index >= 15 is 0 Å². The van der Waals surface area contributed by atoms with Gasteiger partial charge in [0, 0.05) is 24.4 Å². The largest absolute Gasteiger partial charge is 0.435 e. The van der Waals surface area contributed by atoms with E-state index in [1.54, 1.807) is 31.0 Å². The predicted molar refractivity (Wildman–Crippen MR) is 95.7 cm³/mol. The van der Waals surface area contributed by atoms with Crippen LogP contribution in [-0.4, -0.2) is 35.4 Å². The lowest BCUT2D eigenvalue weighted by atomic mass is 10.1. The van der Waals surface area contributed by atoms with E-state index in [9.17, 15) is 23.7 Å². The number of anilines is 1. The van der Waals surface area contributed by atoms with Crippen molar-refractivity contribution in [3.63, 3.8) is 0 Å². The van der Waals surface area contributed by atoms with Crippen molar-refractivity contribution in [2.75, 3.05) is 12.4 Å². The van der Waals surface area contributed by atoms with Crippen LogP contribution in [0.15, 0.2) is 48.5 Å². The van der Waals surface area contributed by atoms with Crippen molar-refractivity contribution in [3.8, 4) is 5.75 Å². The Hall–Kier alpha value is -3.07. The summed E-state index contributed by atoms with van der Waals surface area (Å²) < 4.78 is 28.6. The molecule has 2 aromatic rings. The Labute approximate surface area is 154 Å². The number of amides is 1. The maximum absolute atomic E-state index is 12.3.